The lowest BCUT2D eigenvalue weighted by Gasteiger charge is -2.18. The van der Waals surface area contributed by atoms with Crippen molar-refractivity contribution in [3.63, 3.8) is 0 Å². The van der Waals surface area contributed by atoms with Crippen molar-refractivity contribution in [2.75, 3.05) is 13.7 Å². The summed E-state index contributed by atoms with van der Waals surface area (Å²) in [6, 6.07) is -0.637. The van der Waals surface area contributed by atoms with Crippen molar-refractivity contribution in [2.45, 2.75) is 77.7 Å². The third-order valence-corrected chi connectivity index (χ3v) is 3.77. The summed E-state index contributed by atoms with van der Waals surface area (Å²) in [4.78, 5) is 23.4. The van der Waals surface area contributed by atoms with E-state index in [0.717, 1.165) is 19.3 Å². The fourth-order valence-electron chi connectivity index (χ4n) is 2.43. The lowest BCUT2D eigenvalue weighted by Crippen LogP contribution is -2.42. The summed E-state index contributed by atoms with van der Waals surface area (Å²) in [5.41, 5.74) is 0. The number of hydrogen-bond donors (Lipinski definition) is 1. The number of methoxy groups -OCH3 is 1. The van der Waals surface area contributed by atoms with Gasteiger partial charge in [0.05, 0.1) is 13.7 Å². The number of hydrogen-bond acceptors (Lipinski definition) is 4. The molecule has 0 aliphatic rings. The Morgan fingerprint density at radius 1 is 1.04 bits per heavy atom. The highest BCUT2D eigenvalue weighted by Gasteiger charge is 2.23. The minimum atomic E-state index is -0.637. The molecule has 0 aromatic carbocycles. The second-order valence-corrected chi connectivity index (χ2v) is 6.54. The van der Waals surface area contributed by atoms with Crippen LogP contribution < -0.4 is 5.32 Å². The number of ether oxygens (including phenoxy) is 2. The van der Waals surface area contributed by atoms with Crippen LogP contribution in [0.5, 0.6) is 0 Å². The lowest BCUT2D eigenvalue weighted by molar-refractivity contribution is -0.146. The van der Waals surface area contributed by atoms with E-state index in [2.05, 4.69) is 16.6 Å². The predicted octanol–water partition coefficient (Wildman–Crippen LogP) is 4.61. The van der Waals surface area contributed by atoms with E-state index < -0.39 is 12.1 Å². The van der Waals surface area contributed by atoms with E-state index in [9.17, 15) is 9.59 Å². The number of carbonyl (C=O) groups is 2. The molecule has 0 radical (unpaired) electrons. The molecule has 0 saturated heterocycles. The average Bonchev–Trinajstić information content (AvgIpc) is 2.55. The normalized spacial score (nSPS) is 11.8. The van der Waals surface area contributed by atoms with Gasteiger partial charge in [0.2, 0.25) is 0 Å². The first-order valence-corrected chi connectivity index (χ1v) is 9.13. The van der Waals surface area contributed by atoms with Gasteiger partial charge >= 0.3 is 12.1 Å². The third-order valence-electron chi connectivity index (χ3n) is 3.77. The monoisotopic (exact) mass is 341 g/mol. The van der Waals surface area contributed by atoms with Gasteiger partial charge in [0, 0.05) is 0 Å². The summed E-state index contributed by atoms with van der Waals surface area (Å²) in [5, 5.41) is 2.54. The van der Waals surface area contributed by atoms with Crippen LogP contribution in [-0.4, -0.2) is 31.8 Å². The third kappa shape index (κ3) is 13.0. The molecule has 0 unspecified atom stereocenters. The molecule has 0 saturated carbocycles. The first-order chi connectivity index (χ1) is 11.5. The van der Waals surface area contributed by atoms with Crippen molar-refractivity contribution >= 4 is 12.1 Å². The van der Waals surface area contributed by atoms with Crippen LogP contribution in [0.1, 0.15) is 71.6 Å². The summed E-state index contributed by atoms with van der Waals surface area (Å²) in [6.07, 6.45) is 11.1. The van der Waals surface area contributed by atoms with E-state index in [1.807, 2.05) is 19.9 Å². The Kier molecular flexibility index (Phi) is 14.1. The van der Waals surface area contributed by atoms with Crippen molar-refractivity contribution < 1.29 is 19.1 Å². The van der Waals surface area contributed by atoms with E-state index in [1.165, 1.54) is 39.2 Å². The van der Waals surface area contributed by atoms with Gasteiger partial charge in [-0.3, -0.25) is 0 Å². The molecule has 5 nitrogen and oxygen atoms in total. The highest BCUT2D eigenvalue weighted by atomic mass is 16.5. The Hall–Kier alpha value is -1.52. The zero-order valence-corrected chi connectivity index (χ0v) is 15.6. The van der Waals surface area contributed by atoms with Crippen LogP contribution in [0.4, 0.5) is 4.79 Å². The van der Waals surface area contributed by atoms with Crippen LogP contribution >= 0.6 is 0 Å². The largest absolute Gasteiger partial charge is 0.464 e. The first kappa shape index (κ1) is 22.5. The fraction of sp³-hybridized carbons (Fsp3) is 0.789. The summed E-state index contributed by atoms with van der Waals surface area (Å²) in [7, 11) is 1.28. The van der Waals surface area contributed by atoms with E-state index in [1.54, 1.807) is 0 Å². The molecule has 1 amide bonds. The number of nitrogens with one attached hydrogen (secondary N) is 1. The Labute approximate surface area is 147 Å². The van der Waals surface area contributed by atoms with Gasteiger partial charge in [-0.1, -0.05) is 52.0 Å². The molecule has 0 aliphatic carbocycles. The molecule has 0 heterocycles. The van der Waals surface area contributed by atoms with Gasteiger partial charge in [0.25, 0.3) is 0 Å². The molecule has 0 bridgehead atoms. The van der Waals surface area contributed by atoms with Crippen LogP contribution in [0.2, 0.25) is 0 Å². The van der Waals surface area contributed by atoms with Crippen molar-refractivity contribution in [3.05, 3.63) is 12.7 Å². The van der Waals surface area contributed by atoms with Gasteiger partial charge in [-0.15, -0.1) is 6.58 Å². The van der Waals surface area contributed by atoms with Gasteiger partial charge in [-0.2, -0.15) is 0 Å². The van der Waals surface area contributed by atoms with Crippen LogP contribution in [0.3, 0.4) is 0 Å². The number of rotatable bonds is 14. The number of unbranched alkanes of at least 4 members (excludes halogenated alkanes) is 7. The van der Waals surface area contributed by atoms with Crippen molar-refractivity contribution in [1.29, 1.82) is 0 Å². The predicted molar refractivity (Wildman–Crippen MR) is 96.9 cm³/mol. The molecule has 0 rings (SSSR count). The van der Waals surface area contributed by atoms with Crippen molar-refractivity contribution in [3.8, 4) is 0 Å². The van der Waals surface area contributed by atoms with Crippen molar-refractivity contribution in [2.24, 2.45) is 5.92 Å². The molecule has 140 valence electrons. The van der Waals surface area contributed by atoms with Crippen LogP contribution in [0, 0.1) is 5.92 Å². The molecule has 0 aromatic rings. The highest BCUT2D eigenvalue weighted by Crippen LogP contribution is 2.10. The molecule has 0 fully saturated rings. The summed E-state index contributed by atoms with van der Waals surface area (Å²) >= 11 is 0. The molecular weight excluding hydrogens is 306 g/mol. The molecule has 0 aliphatic heterocycles. The number of esters is 1. The van der Waals surface area contributed by atoms with Crippen LogP contribution in [-0.2, 0) is 14.3 Å². The minimum absolute atomic E-state index is 0.279. The SMILES string of the molecule is C=CCCCCCCCCCOC(=O)[C@H](CC(C)C)NC(=O)OC. The minimum Gasteiger partial charge on any atom is -0.464 e. The highest BCUT2D eigenvalue weighted by molar-refractivity contribution is 5.81. The number of carbonyl (C=O) groups excluding carboxylic acids is 2. The van der Waals surface area contributed by atoms with E-state index in [0.29, 0.717) is 13.0 Å². The molecular formula is C19H35NO4. The molecule has 0 spiro atoms. The summed E-state index contributed by atoms with van der Waals surface area (Å²) in [5.74, 6) is -0.0979. The van der Waals surface area contributed by atoms with Crippen LogP contribution in [0.25, 0.3) is 0 Å². The van der Waals surface area contributed by atoms with Crippen LogP contribution in [0.15, 0.2) is 12.7 Å². The zero-order chi connectivity index (χ0) is 18.2. The maximum Gasteiger partial charge on any atom is 0.407 e. The van der Waals surface area contributed by atoms with Gasteiger partial charge in [0.1, 0.15) is 6.04 Å². The second kappa shape index (κ2) is 15.0. The van der Waals surface area contributed by atoms with Gasteiger partial charge in [0.15, 0.2) is 0 Å². The molecule has 24 heavy (non-hydrogen) atoms. The van der Waals surface area contributed by atoms with E-state index in [4.69, 9.17) is 4.74 Å². The number of amides is 1. The van der Waals surface area contributed by atoms with E-state index >= 15 is 0 Å². The maximum atomic E-state index is 12.1. The Balaban J connectivity index is 3.79. The van der Waals surface area contributed by atoms with Gasteiger partial charge < -0.3 is 14.8 Å². The van der Waals surface area contributed by atoms with Gasteiger partial charge in [-0.25, -0.2) is 9.59 Å². The molecule has 1 atom stereocenters. The Morgan fingerprint density at radius 2 is 1.62 bits per heavy atom. The maximum absolute atomic E-state index is 12.1. The summed E-state index contributed by atoms with van der Waals surface area (Å²) in [6.45, 7) is 8.12. The molecule has 5 heteroatoms. The average molecular weight is 341 g/mol. The Morgan fingerprint density at radius 3 is 2.17 bits per heavy atom. The quantitative estimate of drug-likeness (QED) is 0.285. The lowest BCUT2D eigenvalue weighted by atomic mass is 10.0. The van der Waals surface area contributed by atoms with Gasteiger partial charge in [-0.05, 0) is 31.6 Å². The van der Waals surface area contributed by atoms with E-state index in [-0.39, 0.29) is 11.9 Å². The summed E-state index contributed by atoms with van der Waals surface area (Å²) < 4.78 is 9.84. The number of allylic oxidation sites excluding steroid dienone is 1. The Bertz CT molecular complexity index is 355. The number of alkyl carbamates (subject to hydrolysis) is 1. The first-order valence-electron chi connectivity index (χ1n) is 9.13. The standard InChI is InChI=1S/C19H35NO4/c1-5-6-7-8-9-10-11-12-13-14-24-18(21)17(15-16(2)3)20-19(22)23-4/h5,16-17H,1,6-15H2,2-4H3,(H,20,22)/t17-/m0/s1. The molecule has 1 N–H and O–H groups in total. The van der Waals surface area contributed by atoms with Crippen molar-refractivity contribution in [1.82, 2.24) is 5.32 Å². The molecule has 0 aromatic heterocycles. The topological polar surface area (TPSA) is 64.6 Å². The smallest absolute Gasteiger partial charge is 0.407 e. The zero-order valence-electron chi connectivity index (χ0n) is 15.6. The second-order valence-electron chi connectivity index (χ2n) is 6.54. The fourth-order valence-corrected chi connectivity index (χ4v) is 2.43.